The summed E-state index contributed by atoms with van der Waals surface area (Å²) < 4.78 is 42.8. The quantitative estimate of drug-likeness (QED) is 0.446. The van der Waals surface area contributed by atoms with Crippen molar-refractivity contribution in [3.05, 3.63) is 48.0 Å². The van der Waals surface area contributed by atoms with Gasteiger partial charge in [-0.05, 0) is 50.1 Å². The fourth-order valence-corrected chi connectivity index (χ4v) is 5.02. The Morgan fingerprint density at radius 2 is 1.84 bits per heavy atom. The van der Waals surface area contributed by atoms with Crippen molar-refractivity contribution in [1.82, 2.24) is 10.2 Å². The Labute approximate surface area is 218 Å². The highest BCUT2D eigenvalue weighted by molar-refractivity contribution is 7.92. The summed E-state index contributed by atoms with van der Waals surface area (Å²) in [5.41, 5.74) is 1.25. The summed E-state index contributed by atoms with van der Waals surface area (Å²) in [6.45, 7) is 5.07. The highest BCUT2D eigenvalue weighted by Crippen LogP contribution is 2.34. The maximum atomic E-state index is 13.3. The number of rotatable bonds is 12. The van der Waals surface area contributed by atoms with E-state index in [0.717, 1.165) is 11.8 Å². The largest absolute Gasteiger partial charge is 0.497 e. The topological polar surface area (TPSA) is 114 Å². The van der Waals surface area contributed by atoms with Crippen LogP contribution < -0.4 is 23.8 Å². The van der Waals surface area contributed by atoms with Crippen LogP contribution in [0.3, 0.4) is 0 Å². The van der Waals surface area contributed by atoms with Crippen molar-refractivity contribution in [3.8, 4) is 17.2 Å². The van der Waals surface area contributed by atoms with Gasteiger partial charge in [-0.25, -0.2) is 8.42 Å². The lowest BCUT2D eigenvalue weighted by atomic mass is 10.1. The minimum atomic E-state index is -3.62. The van der Waals surface area contributed by atoms with Crippen molar-refractivity contribution < 1.29 is 32.2 Å². The second-order valence-corrected chi connectivity index (χ2v) is 10.6. The summed E-state index contributed by atoms with van der Waals surface area (Å²) in [7, 11) is -2.06. The lowest BCUT2D eigenvalue weighted by molar-refractivity contribution is -0.140. The third-order valence-corrected chi connectivity index (χ3v) is 7.17. The number of hydrogen-bond acceptors (Lipinski definition) is 7. The van der Waals surface area contributed by atoms with Crippen LogP contribution in [0.2, 0.25) is 0 Å². The van der Waals surface area contributed by atoms with Gasteiger partial charge in [0.05, 0.1) is 19.1 Å². The second-order valence-electron chi connectivity index (χ2n) is 8.71. The van der Waals surface area contributed by atoms with E-state index in [0.29, 0.717) is 42.7 Å². The molecule has 11 heteroatoms. The van der Waals surface area contributed by atoms with E-state index in [9.17, 15) is 18.0 Å². The van der Waals surface area contributed by atoms with E-state index in [2.05, 4.69) is 5.32 Å². The van der Waals surface area contributed by atoms with Crippen molar-refractivity contribution in [1.29, 1.82) is 0 Å². The first kappa shape index (κ1) is 28.1. The van der Waals surface area contributed by atoms with Gasteiger partial charge in [-0.3, -0.25) is 13.9 Å². The maximum Gasteiger partial charge on any atom is 0.242 e. The zero-order valence-electron chi connectivity index (χ0n) is 21.7. The van der Waals surface area contributed by atoms with Crippen molar-refractivity contribution in [2.75, 3.05) is 44.0 Å². The monoisotopic (exact) mass is 533 g/mol. The molecule has 202 valence electrons. The molecule has 0 unspecified atom stereocenters. The summed E-state index contributed by atoms with van der Waals surface area (Å²) in [5, 5.41) is 2.76. The first-order valence-corrected chi connectivity index (χ1v) is 14.1. The molecule has 2 amide bonds. The van der Waals surface area contributed by atoms with Crippen LogP contribution in [0.4, 0.5) is 5.69 Å². The van der Waals surface area contributed by atoms with Gasteiger partial charge in [-0.1, -0.05) is 12.1 Å². The molecule has 10 nitrogen and oxygen atoms in total. The fraction of sp³-hybridized carbons (Fsp3) is 0.462. The number of carbonyl (C=O) groups excluding carboxylic acids is 2. The molecule has 1 aliphatic rings. The average Bonchev–Trinajstić information content (AvgIpc) is 2.88. The SMILES string of the molecule is CCNC(=O)[C@@H](C)N(Cc1cccc(OC)c1)C(=O)CCCN(c1ccc2c(c1)OCCO2)S(C)(=O)=O. The number of anilines is 1. The normalized spacial score (nSPS) is 13.4. The molecule has 2 aromatic carbocycles. The van der Waals surface area contributed by atoms with Crippen LogP contribution >= 0.6 is 0 Å². The Hall–Kier alpha value is -3.47. The molecule has 0 spiro atoms. The van der Waals surface area contributed by atoms with Gasteiger partial charge in [0.15, 0.2) is 11.5 Å². The van der Waals surface area contributed by atoms with Gasteiger partial charge in [0.1, 0.15) is 25.0 Å². The van der Waals surface area contributed by atoms with Crippen LogP contribution in [0.1, 0.15) is 32.3 Å². The Kier molecular flexibility index (Phi) is 9.62. The number of nitrogens with zero attached hydrogens (tertiary/aromatic N) is 2. The van der Waals surface area contributed by atoms with Crippen molar-refractivity contribution >= 4 is 27.5 Å². The number of sulfonamides is 1. The number of carbonyl (C=O) groups is 2. The standard InChI is InChI=1S/C26H35N3O7S/c1-5-27-26(31)19(2)28(18-20-8-6-9-22(16-20)34-3)25(30)10-7-13-29(37(4,32)33)21-11-12-23-24(17-21)36-15-14-35-23/h6,8-9,11-12,16-17,19H,5,7,10,13-15,18H2,1-4H3,(H,27,31)/t19-/m1/s1. The molecular weight excluding hydrogens is 498 g/mol. The second kappa shape index (κ2) is 12.7. The Morgan fingerprint density at radius 1 is 1.11 bits per heavy atom. The van der Waals surface area contributed by atoms with Crippen LogP contribution in [0.15, 0.2) is 42.5 Å². The van der Waals surface area contributed by atoms with Gasteiger partial charge in [-0.2, -0.15) is 0 Å². The first-order chi connectivity index (χ1) is 17.6. The molecule has 1 N–H and O–H groups in total. The zero-order valence-corrected chi connectivity index (χ0v) is 22.5. The highest BCUT2D eigenvalue weighted by Gasteiger charge is 2.27. The van der Waals surface area contributed by atoms with E-state index in [4.69, 9.17) is 14.2 Å². The molecule has 1 aliphatic heterocycles. The summed E-state index contributed by atoms with van der Waals surface area (Å²) in [5.74, 6) is 1.18. The Balaban J connectivity index is 1.74. The molecule has 0 saturated carbocycles. The molecule has 0 bridgehead atoms. The van der Waals surface area contributed by atoms with Gasteiger partial charge in [0.25, 0.3) is 0 Å². The summed E-state index contributed by atoms with van der Waals surface area (Å²) in [4.78, 5) is 27.4. The number of fused-ring (bicyclic) bond motifs is 1. The molecular formula is C26H35N3O7S. The van der Waals surface area contributed by atoms with Crippen molar-refractivity contribution in [3.63, 3.8) is 0 Å². The van der Waals surface area contributed by atoms with Crippen LogP contribution in [-0.2, 0) is 26.2 Å². The Morgan fingerprint density at radius 3 is 2.51 bits per heavy atom. The lowest BCUT2D eigenvalue weighted by Gasteiger charge is -2.29. The third-order valence-electron chi connectivity index (χ3n) is 5.97. The van der Waals surface area contributed by atoms with Gasteiger partial charge in [-0.15, -0.1) is 0 Å². The molecule has 0 radical (unpaired) electrons. The fourth-order valence-electron chi connectivity index (χ4n) is 4.06. The van der Waals surface area contributed by atoms with Gasteiger partial charge in [0, 0.05) is 32.1 Å². The number of benzene rings is 2. The molecule has 0 saturated heterocycles. The van der Waals surface area contributed by atoms with E-state index >= 15 is 0 Å². The molecule has 37 heavy (non-hydrogen) atoms. The third kappa shape index (κ3) is 7.51. The average molecular weight is 534 g/mol. The number of hydrogen-bond donors (Lipinski definition) is 1. The van der Waals surface area contributed by atoms with Gasteiger partial charge in [0.2, 0.25) is 21.8 Å². The summed E-state index contributed by atoms with van der Waals surface area (Å²) >= 11 is 0. The molecule has 2 aromatic rings. The summed E-state index contributed by atoms with van der Waals surface area (Å²) in [6, 6.07) is 11.6. The van der Waals surface area contributed by atoms with E-state index < -0.39 is 16.1 Å². The number of nitrogens with one attached hydrogen (secondary N) is 1. The zero-order chi connectivity index (χ0) is 27.0. The number of methoxy groups -OCH3 is 1. The Bertz CT molecular complexity index is 1200. The smallest absolute Gasteiger partial charge is 0.242 e. The van der Waals surface area contributed by atoms with E-state index in [1.807, 2.05) is 25.1 Å². The first-order valence-electron chi connectivity index (χ1n) is 12.2. The minimum absolute atomic E-state index is 0.0598. The highest BCUT2D eigenvalue weighted by atomic mass is 32.2. The molecule has 0 aliphatic carbocycles. The predicted octanol–water partition coefficient (Wildman–Crippen LogP) is 2.57. The predicted molar refractivity (Wildman–Crippen MR) is 141 cm³/mol. The van der Waals surface area contributed by atoms with Crippen LogP contribution in [-0.4, -0.2) is 70.8 Å². The molecule has 0 aromatic heterocycles. The van der Waals surface area contributed by atoms with Gasteiger partial charge >= 0.3 is 0 Å². The summed E-state index contributed by atoms with van der Waals surface area (Å²) in [6.07, 6.45) is 1.44. The molecule has 0 fully saturated rings. The molecule has 1 heterocycles. The number of amides is 2. The minimum Gasteiger partial charge on any atom is -0.497 e. The van der Waals surface area contributed by atoms with E-state index in [1.54, 1.807) is 38.3 Å². The van der Waals surface area contributed by atoms with Crippen LogP contribution in [0.5, 0.6) is 17.2 Å². The maximum absolute atomic E-state index is 13.3. The number of likely N-dealkylation sites (N-methyl/N-ethyl adjacent to an activating group) is 1. The molecule has 1 atom stereocenters. The van der Waals surface area contributed by atoms with Crippen LogP contribution in [0.25, 0.3) is 0 Å². The van der Waals surface area contributed by atoms with E-state index in [1.165, 1.54) is 9.21 Å². The number of ether oxygens (including phenoxy) is 3. The van der Waals surface area contributed by atoms with Gasteiger partial charge < -0.3 is 24.4 Å². The lowest BCUT2D eigenvalue weighted by Crippen LogP contribution is -2.47. The van der Waals surface area contributed by atoms with E-state index in [-0.39, 0.29) is 37.7 Å². The van der Waals surface area contributed by atoms with Crippen LogP contribution in [0, 0.1) is 0 Å². The van der Waals surface area contributed by atoms with Crippen molar-refractivity contribution in [2.45, 2.75) is 39.3 Å². The van der Waals surface area contributed by atoms with Crippen molar-refractivity contribution in [2.24, 2.45) is 0 Å². The molecule has 3 rings (SSSR count).